The first-order chi connectivity index (χ1) is 32.1. The van der Waals surface area contributed by atoms with E-state index in [-0.39, 0.29) is 11.0 Å². The van der Waals surface area contributed by atoms with Gasteiger partial charge in [0, 0.05) is 30.9 Å². The first kappa shape index (κ1) is 53.4. The summed E-state index contributed by atoms with van der Waals surface area (Å²) >= 11 is 4.21. The fraction of sp³-hybridized carbons (Fsp3) is 0.269. The zero-order valence-corrected chi connectivity index (χ0v) is 42.3. The first-order valence-corrected chi connectivity index (χ1v) is 24.4. The summed E-state index contributed by atoms with van der Waals surface area (Å²) in [5, 5.41) is 6.15. The number of anilines is 2. The SMILES string of the molecule is CC.CC(C)c1ccc(-c2cnns2)cc1.CC(C)c1ccc(/C(N)=C/N(N)c2ccnc(N)n2)cc1.Cc1ccc(-c2cnc(C(F)F)s2)cc1.Cc1ncc(-c2ccc(C(C)C)cc2)s1. The van der Waals surface area contributed by atoms with Crippen molar-refractivity contribution in [2.45, 2.75) is 93.4 Å². The van der Waals surface area contributed by atoms with Crippen molar-refractivity contribution in [2.75, 3.05) is 10.7 Å². The fourth-order valence-electron chi connectivity index (χ4n) is 5.95. The van der Waals surface area contributed by atoms with E-state index in [2.05, 4.69) is 132 Å². The Morgan fingerprint density at radius 2 is 1.09 bits per heavy atom. The van der Waals surface area contributed by atoms with Crippen LogP contribution >= 0.6 is 34.2 Å². The standard InChI is InChI=1S/C15H20N6.C13H15NS.C11H9F2NS.C11H12N2S.C2H6/c1-10(2)11-3-5-12(6-4-11)13(16)9-21(18)14-7-8-19-15(17)20-14;1-9(2)11-4-6-12(7-5-11)13-8-14-10(3)15-13;1-7-2-4-8(5-3-7)9-6-14-11(15-9)10(12)13;1-8(2)9-3-5-10(6-4-9)11-7-12-13-14-11;1-2/h3-10H,16,18H2,1-2H3,(H2,17,19,20);4-9H,1-3H3;2-6,10H,1H3;3-8H,1-2H3;1-2H3/b13-9-;;;;. The zero-order chi connectivity index (χ0) is 49.0. The number of alkyl halides is 2. The Hall–Kier alpha value is -6.26. The highest BCUT2D eigenvalue weighted by molar-refractivity contribution is 7.15. The maximum Gasteiger partial charge on any atom is 0.289 e. The van der Waals surface area contributed by atoms with E-state index < -0.39 is 6.43 Å². The second-order valence-electron chi connectivity index (χ2n) is 15.8. The number of hydrazine groups is 1. The van der Waals surface area contributed by atoms with Gasteiger partial charge in [0.2, 0.25) is 5.95 Å². The molecule has 0 amide bonds. The van der Waals surface area contributed by atoms with Gasteiger partial charge in [-0.25, -0.2) is 29.6 Å². The lowest BCUT2D eigenvalue weighted by molar-refractivity contribution is 0.151. The first-order valence-electron chi connectivity index (χ1n) is 22.0. The van der Waals surface area contributed by atoms with Gasteiger partial charge in [0.05, 0.1) is 31.5 Å². The van der Waals surface area contributed by atoms with E-state index in [1.165, 1.54) is 55.4 Å². The normalized spacial score (nSPS) is 10.9. The van der Waals surface area contributed by atoms with Crippen molar-refractivity contribution in [3.63, 3.8) is 0 Å². The third kappa shape index (κ3) is 16.8. The molecule has 0 aliphatic heterocycles. The monoisotopic (exact) mass is 960 g/mol. The van der Waals surface area contributed by atoms with E-state index in [0.717, 1.165) is 42.8 Å². The average Bonchev–Trinajstić information content (AvgIpc) is 4.15. The van der Waals surface area contributed by atoms with E-state index in [0.29, 0.717) is 29.3 Å². The predicted octanol–water partition coefficient (Wildman–Crippen LogP) is 14.5. The van der Waals surface area contributed by atoms with Gasteiger partial charge in [0.1, 0.15) is 0 Å². The second kappa shape index (κ2) is 26.8. The van der Waals surface area contributed by atoms with Gasteiger partial charge in [-0.15, -0.1) is 27.8 Å². The molecule has 15 heteroatoms. The molecule has 0 unspecified atom stereocenters. The van der Waals surface area contributed by atoms with Crippen LogP contribution in [0.1, 0.15) is 117 Å². The number of benzene rings is 4. The molecule has 0 saturated carbocycles. The highest BCUT2D eigenvalue weighted by Crippen LogP contribution is 2.31. The molecule has 8 rings (SSSR count). The molecule has 0 fully saturated rings. The van der Waals surface area contributed by atoms with Crippen molar-refractivity contribution >= 4 is 51.7 Å². The lowest BCUT2D eigenvalue weighted by Gasteiger charge is -2.14. The molecule has 0 atom stereocenters. The van der Waals surface area contributed by atoms with Crippen LogP contribution in [0.3, 0.4) is 0 Å². The molecule has 352 valence electrons. The summed E-state index contributed by atoms with van der Waals surface area (Å²) in [4.78, 5) is 19.0. The summed E-state index contributed by atoms with van der Waals surface area (Å²) < 4.78 is 28.5. The summed E-state index contributed by atoms with van der Waals surface area (Å²) in [5.41, 5.74) is 21.6. The molecular weight excluding hydrogens is 899 g/mol. The summed E-state index contributed by atoms with van der Waals surface area (Å²) in [6, 6.07) is 34.8. The number of nitrogens with zero attached hydrogens (tertiary/aromatic N) is 7. The molecular formula is C52H62F2N10S3. The number of nitrogens with two attached hydrogens (primary N) is 3. The third-order valence-electron chi connectivity index (χ3n) is 9.87. The Morgan fingerprint density at radius 3 is 1.52 bits per heavy atom. The Labute approximate surface area is 406 Å². The van der Waals surface area contributed by atoms with Crippen LogP contribution in [0.2, 0.25) is 0 Å². The van der Waals surface area contributed by atoms with E-state index >= 15 is 0 Å². The predicted molar refractivity (Wildman–Crippen MR) is 280 cm³/mol. The van der Waals surface area contributed by atoms with Crippen LogP contribution in [0.25, 0.3) is 37.0 Å². The van der Waals surface area contributed by atoms with E-state index in [9.17, 15) is 8.78 Å². The fourth-order valence-corrected chi connectivity index (χ4v) is 8.03. The topological polar surface area (TPSA) is 159 Å². The van der Waals surface area contributed by atoms with Crippen molar-refractivity contribution in [3.8, 4) is 31.3 Å². The number of thiazole rings is 2. The van der Waals surface area contributed by atoms with Gasteiger partial charge in [-0.05, 0) is 82.1 Å². The molecule has 10 nitrogen and oxygen atoms in total. The molecule has 8 aromatic rings. The van der Waals surface area contributed by atoms with Gasteiger partial charge in [-0.3, -0.25) is 5.01 Å². The quantitative estimate of drug-likeness (QED) is 0.0890. The highest BCUT2D eigenvalue weighted by atomic mass is 32.1. The van der Waals surface area contributed by atoms with Crippen LogP contribution in [0.15, 0.2) is 134 Å². The van der Waals surface area contributed by atoms with E-state index in [4.69, 9.17) is 17.3 Å². The third-order valence-corrected chi connectivity index (χ3v) is 12.6. The van der Waals surface area contributed by atoms with Crippen LogP contribution in [0, 0.1) is 13.8 Å². The van der Waals surface area contributed by atoms with Gasteiger partial charge >= 0.3 is 0 Å². The number of aryl methyl sites for hydroxylation is 2. The summed E-state index contributed by atoms with van der Waals surface area (Å²) in [6.07, 6.45) is 5.91. The molecule has 0 saturated heterocycles. The van der Waals surface area contributed by atoms with Crippen molar-refractivity contribution in [3.05, 3.63) is 172 Å². The number of aromatic nitrogens is 6. The number of nitrogen functional groups attached to an aromatic ring is 1. The molecule has 4 heterocycles. The van der Waals surface area contributed by atoms with Crippen LogP contribution in [0.4, 0.5) is 20.5 Å². The molecule has 4 aromatic carbocycles. The molecule has 4 aromatic heterocycles. The molecule has 0 radical (unpaired) electrons. The lowest BCUT2D eigenvalue weighted by atomic mass is 10.0. The van der Waals surface area contributed by atoms with E-state index in [1.54, 1.807) is 36.0 Å². The largest absolute Gasteiger partial charge is 0.397 e. The van der Waals surface area contributed by atoms with E-state index in [1.807, 2.05) is 70.3 Å². The average molecular weight is 961 g/mol. The Balaban J connectivity index is 0.000000195. The molecule has 0 aliphatic rings. The number of halogens is 2. The lowest BCUT2D eigenvalue weighted by Crippen LogP contribution is -2.27. The zero-order valence-electron chi connectivity index (χ0n) is 39.9. The van der Waals surface area contributed by atoms with Crippen molar-refractivity contribution < 1.29 is 8.78 Å². The maximum absolute atomic E-state index is 12.3. The van der Waals surface area contributed by atoms with Crippen molar-refractivity contribution in [1.82, 2.24) is 29.5 Å². The molecule has 6 N–H and O–H groups in total. The number of rotatable bonds is 10. The summed E-state index contributed by atoms with van der Waals surface area (Å²) in [5.74, 6) is 8.22. The molecule has 67 heavy (non-hydrogen) atoms. The minimum Gasteiger partial charge on any atom is -0.397 e. The molecule has 0 spiro atoms. The second-order valence-corrected chi connectivity index (χ2v) is 18.9. The minimum atomic E-state index is -2.48. The van der Waals surface area contributed by atoms with Gasteiger partial charge in [0.25, 0.3) is 6.43 Å². The molecule has 0 aliphatic carbocycles. The van der Waals surface area contributed by atoms with Crippen LogP contribution in [-0.2, 0) is 0 Å². The van der Waals surface area contributed by atoms with Gasteiger partial charge in [0.15, 0.2) is 10.8 Å². The Bertz CT molecular complexity index is 2660. The molecule has 0 bridgehead atoms. The highest BCUT2D eigenvalue weighted by Gasteiger charge is 2.13. The Morgan fingerprint density at radius 1 is 0.612 bits per heavy atom. The van der Waals surface area contributed by atoms with Crippen molar-refractivity contribution in [1.29, 1.82) is 0 Å². The van der Waals surface area contributed by atoms with Crippen molar-refractivity contribution in [2.24, 2.45) is 11.6 Å². The van der Waals surface area contributed by atoms with Gasteiger partial charge in [-0.1, -0.05) is 163 Å². The van der Waals surface area contributed by atoms with Gasteiger partial charge in [-0.2, -0.15) is 4.98 Å². The van der Waals surface area contributed by atoms with Gasteiger partial charge < -0.3 is 11.5 Å². The minimum absolute atomic E-state index is 0.120. The smallest absolute Gasteiger partial charge is 0.289 e. The van der Waals surface area contributed by atoms with Crippen LogP contribution < -0.4 is 22.3 Å². The maximum atomic E-state index is 12.3. The van der Waals surface area contributed by atoms with Crippen LogP contribution in [-0.4, -0.2) is 29.5 Å². The number of hydrogen-bond donors (Lipinski definition) is 3. The summed E-state index contributed by atoms with van der Waals surface area (Å²) in [6.45, 7) is 21.1. The van der Waals surface area contributed by atoms with Crippen LogP contribution in [0.5, 0.6) is 0 Å². The summed E-state index contributed by atoms with van der Waals surface area (Å²) in [7, 11) is 0. The Kier molecular flexibility index (Phi) is 21.3. The number of hydrogen-bond acceptors (Lipinski definition) is 13.